The van der Waals surface area contributed by atoms with Gasteiger partial charge in [-0.25, -0.2) is 4.79 Å². The van der Waals surface area contributed by atoms with Crippen LogP contribution in [0.1, 0.15) is 26.7 Å². The van der Waals surface area contributed by atoms with E-state index in [2.05, 4.69) is 5.32 Å². The third-order valence-corrected chi connectivity index (χ3v) is 4.40. The van der Waals surface area contributed by atoms with Crippen LogP contribution in [0, 0.1) is 11.3 Å². The van der Waals surface area contributed by atoms with Gasteiger partial charge in [0.15, 0.2) is 17.5 Å². The van der Waals surface area contributed by atoms with Gasteiger partial charge in [-0.05, 0) is 23.6 Å². The van der Waals surface area contributed by atoms with Gasteiger partial charge in [0.25, 0.3) is 0 Å². The number of cyclic esters (lactones) is 1. The fourth-order valence-electron chi connectivity index (χ4n) is 3.28. The summed E-state index contributed by atoms with van der Waals surface area (Å²) >= 11 is 0. The van der Waals surface area contributed by atoms with Crippen LogP contribution in [0.3, 0.4) is 0 Å². The number of nitrogens with zero attached hydrogens (tertiary/aromatic N) is 1. The fourth-order valence-corrected chi connectivity index (χ4v) is 3.28. The Hall–Kier alpha value is -2.70. The Bertz CT molecular complexity index is 736. The molecule has 25 heavy (non-hydrogen) atoms. The highest BCUT2D eigenvalue weighted by Gasteiger charge is 2.43. The van der Waals surface area contributed by atoms with E-state index in [-0.39, 0.29) is 24.4 Å². The molecule has 1 saturated heterocycles. The van der Waals surface area contributed by atoms with E-state index in [1.165, 1.54) is 4.90 Å². The van der Waals surface area contributed by atoms with Gasteiger partial charge in [0, 0.05) is 24.2 Å². The minimum absolute atomic E-state index is 0.205. The molecule has 1 aromatic carbocycles. The van der Waals surface area contributed by atoms with Crippen LogP contribution < -0.4 is 10.2 Å². The number of ketones is 2. The highest BCUT2D eigenvalue weighted by molar-refractivity contribution is 6.23. The number of carbonyl (C=O) groups excluding carboxylic acids is 4. The second kappa shape index (κ2) is 6.31. The lowest BCUT2D eigenvalue weighted by atomic mass is 9.71. The highest BCUT2D eigenvalue weighted by Crippen LogP contribution is 2.34. The molecular formula is C18H20N2O5. The molecule has 1 heterocycles. The fraction of sp³-hybridized carbons (Fsp3) is 0.444. The first kappa shape index (κ1) is 17.1. The van der Waals surface area contributed by atoms with Crippen LogP contribution in [-0.2, 0) is 19.1 Å². The van der Waals surface area contributed by atoms with Crippen LogP contribution in [0.2, 0.25) is 0 Å². The molecule has 1 N–H and O–H groups in total. The van der Waals surface area contributed by atoms with Crippen LogP contribution in [-0.4, -0.2) is 36.7 Å². The Morgan fingerprint density at radius 3 is 2.48 bits per heavy atom. The number of benzene rings is 1. The third kappa shape index (κ3) is 3.55. The molecule has 7 heteroatoms. The van der Waals surface area contributed by atoms with Crippen molar-refractivity contribution >= 4 is 34.9 Å². The summed E-state index contributed by atoms with van der Waals surface area (Å²) in [6.45, 7) is 4.44. The zero-order valence-corrected chi connectivity index (χ0v) is 14.2. The first-order chi connectivity index (χ1) is 11.8. The predicted molar refractivity (Wildman–Crippen MR) is 90.3 cm³/mol. The van der Waals surface area contributed by atoms with Crippen molar-refractivity contribution in [1.82, 2.24) is 0 Å². The highest BCUT2D eigenvalue weighted by atomic mass is 16.6. The molecule has 0 unspecified atom stereocenters. The van der Waals surface area contributed by atoms with Gasteiger partial charge in [-0.2, -0.15) is 0 Å². The molecule has 0 aromatic heterocycles. The molecule has 1 aliphatic heterocycles. The molecule has 1 aromatic rings. The summed E-state index contributed by atoms with van der Waals surface area (Å²) in [6, 6.07) is 6.67. The van der Waals surface area contributed by atoms with Crippen molar-refractivity contribution in [2.24, 2.45) is 11.3 Å². The standard InChI is InChI=1S/C18H20N2O5/c1-18(2)9-13(21)15(14(22)10-18)16(23)19-11-4-3-5-12(8-11)20-6-7-25-17(20)24/h3-5,8,15H,6-7,9-10H2,1-2H3,(H,19,23). The quantitative estimate of drug-likeness (QED) is 0.848. The Morgan fingerprint density at radius 1 is 1.20 bits per heavy atom. The van der Waals surface area contributed by atoms with E-state index in [9.17, 15) is 19.2 Å². The molecule has 7 nitrogen and oxygen atoms in total. The summed E-state index contributed by atoms with van der Waals surface area (Å²) in [5.74, 6) is -2.57. The van der Waals surface area contributed by atoms with Crippen LogP contribution >= 0.6 is 0 Å². The van der Waals surface area contributed by atoms with Gasteiger partial charge in [-0.15, -0.1) is 0 Å². The van der Waals surface area contributed by atoms with Gasteiger partial charge in [0.1, 0.15) is 6.61 Å². The zero-order valence-electron chi connectivity index (χ0n) is 14.2. The Kier molecular flexibility index (Phi) is 4.32. The lowest BCUT2D eigenvalue weighted by molar-refractivity contribution is -0.144. The number of anilines is 2. The Labute approximate surface area is 145 Å². The topological polar surface area (TPSA) is 92.8 Å². The molecule has 2 aliphatic rings. The van der Waals surface area contributed by atoms with Gasteiger partial charge in [-0.3, -0.25) is 19.3 Å². The van der Waals surface area contributed by atoms with Gasteiger partial charge in [0.2, 0.25) is 5.91 Å². The molecule has 0 radical (unpaired) electrons. The molecule has 0 spiro atoms. The molecule has 132 valence electrons. The van der Waals surface area contributed by atoms with Gasteiger partial charge in [0.05, 0.1) is 6.54 Å². The van der Waals surface area contributed by atoms with E-state index in [0.29, 0.717) is 24.5 Å². The maximum Gasteiger partial charge on any atom is 0.414 e. The average molecular weight is 344 g/mol. The maximum atomic E-state index is 12.4. The summed E-state index contributed by atoms with van der Waals surface area (Å²) in [6.07, 6.45) is -0.0317. The first-order valence-corrected chi connectivity index (χ1v) is 8.17. The van der Waals surface area contributed by atoms with E-state index in [1.807, 2.05) is 13.8 Å². The van der Waals surface area contributed by atoms with Gasteiger partial charge >= 0.3 is 6.09 Å². The monoisotopic (exact) mass is 344 g/mol. The number of nitrogens with one attached hydrogen (secondary N) is 1. The molecule has 1 aliphatic carbocycles. The predicted octanol–water partition coefficient (Wildman–Crippen LogP) is 2.16. The number of rotatable bonds is 3. The van der Waals surface area contributed by atoms with E-state index in [0.717, 1.165) is 0 Å². The molecule has 0 atom stereocenters. The van der Waals surface area contributed by atoms with E-state index in [4.69, 9.17) is 4.74 Å². The van der Waals surface area contributed by atoms with Crippen LogP contribution in [0.5, 0.6) is 0 Å². The molecule has 0 bridgehead atoms. The lowest BCUT2D eigenvalue weighted by Gasteiger charge is -2.31. The number of amides is 2. The minimum atomic E-state index is -1.26. The summed E-state index contributed by atoms with van der Waals surface area (Å²) in [7, 11) is 0. The largest absolute Gasteiger partial charge is 0.447 e. The summed E-state index contributed by atoms with van der Waals surface area (Å²) in [5, 5.41) is 2.62. The van der Waals surface area contributed by atoms with E-state index >= 15 is 0 Å². The number of ether oxygens (including phenoxy) is 1. The second-order valence-corrected chi connectivity index (χ2v) is 7.19. The van der Waals surface area contributed by atoms with E-state index < -0.39 is 23.3 Å². The summed E-state index contributed by atoms with van der Waals surface area (Å²) < 4.78 is 4.89. The molecule has 1 saturated carbocycles. The Balaban J connectivity index is 1.74. The normalized spacial score (nSPS) is 20.6. The van der Waals surface area contributed by atoms with Gasteiger partial charge < -0.3 is 10.1 Å². The summed E-state index contributed by atoms with van der Waals surface area (Å²) in [5.41, 5.74) is 0.608. The first-order valence-electron chi connectivity index (χ1n) is 8.17. The summed E-state index contributed by atoms with van der Waals surface area (Å²) in [4.78, 5) is 50.0. The zero-order chi connectivity index (χ0) is 18.2. The molecule has 2 amide bonds. The van der Waals surface area contributed by atoms with Crippen molar-refractivity contribution in [2.75, 3.05) is 23.4 Å². The van der Waals surface area contributed by atoms with Crippen LogP contribution in [0.4, 0.5) is 16.2 Å². The van der Waals surface area contributed by atoms with Crippen molar-refractivity contribution < 1.29 is 23.9 Å². The van der Waals surface area contributed by atoms with Gasteiger partial charge in [-0.1, -0.05) is 19.9 Å². The van der Waals surface area contributed by atoms with E-state index in [1.54, 1.807) is 24.3 Å². The van der Waals surface area contributed by atoms with Crippen LogP contribution in [0.25, 0.3) is 0 Å². The van der Waals surface area contributed by atoms with Crippen molar-refractivity contribution in [3.8, 4) is 0 Å². The maximum absolute atomic E-state index is 12.4. The third-order valence-electron chi connectivity index (χ3n) is 4.40. The molecular weight excluding hydrogens is 324 g/mol. The SMILES string of the molecule is CC1(C)CC(=O)C(C(=O)Nc2cccc(N3CCOC3=O)c2)C(=O)C1. The van der Waals surface area contributed by atoms with Crippen molar-refractivity contribution in [1.29, 1.82) is 0 Å². The molecule has 2 fully saturated rings. The molecule has 3 rings (SSSR count). The van der Waals surface area contributed by atoms with Crippen molar-refractivity contribution in [3.05, 3.63) is 24.3 Å². The number of Topliss-reactive ketones (excluding diaryl/α,β-unsaturated/α-hetero) is 2. The van der Waals surface area contributed by atoms with Crippen molar-refractivity contribution in [3.63, 3.8) is 0 Å². The Morgan fingerprint density at radius 2 is 1.88 bits per heavy atom. The lowest BCUT2D eigenvalue weighted by Crippen LogP contribution is -2.44. The second-order valence-electron chi connectivity index (χ2n) is 7.19. The number of carbonyl (C=O) groups is 4. The smallest absolute Gasteiger partial charge is 0.414 e. The van der Waals surface area contributed by atoms with Crippen LogP contribution in [0.15, 0.2) is 24.3 Å². The average Bonchev–Trinajstić information content (AvgIpc) is 2.91. The number of hydrogen-bond acceptors (Lipinski definition) is 5. The minimum Gasteiger partial charge on any atom is -0.447 e. The number of hydrogen-bond donors (Lipinski definition) is 1. The van der Waals surface area contributed by atoms with Crippen molar-refractivity contribution in [2.45, 2.75) is 26.7 Å².